The van der Waals surface area contributed by atoms with Crippen LogP contribution in [0.25, 0.3) is 0 Å². The second-order valence-electron chi connectivity index (χ2n) is 5.81. The van der Waals surface area contributed by atoms with E-state index in [1.54, 1.807) is 6.07 Å². The van der Waals surface area contributed by atoms with E-state index in [1.807, 2.05) is 0 Å². The Morgan fingerprint density at radius 2 is 2.20 bits per heavy atom. The largest absolute Gasteiger partial charge is 0.476 e. The number of nitrogens with one attached hydrogen (secondary N) is 1. The summed E-state index contributed by atoms with van der Waals surface area (Å²) >= 11 is 0. The molecule has 6 heteroatoms. The zero-order valence-corrected chi connectivity index (χ0v) is 12.0. The van der Waals surface area contributed by atoms with Gasteiger partial charge in [0, 0.05) is 18.0 Å². The normalized spacial score (nSPS) is 23.6. The summed E-state index contributed by atoms with van der Waals surface area (Å²) in [5, 5.41) is 0. The third kappa shape index (κ3) is 3.19. The van der Waals surface area contributed by atoms with Crippen LogP contribution in [0.2, 0.25) is 0 Å². The molecule has 3 N–H and O–H groups in total. The van der Waals surface area contributed by atoms with Crippen LogP contribution in [-0.2, 0) is 0 Å². The maximum atomic E-state index is 5.89. The maximum absolute atomic E-state index is 5.89. The highest BCUT2D eigenvalue weighted by atomic mass is 16.5. The molecule has 2 fully saturated rings. The Labute approximate surface area is 119 Å². The van der Waals surface area contributed by atoms with Crippen LogP contribution in [0.5, 0.6) is 5.88 Å². The monoisotopic (exact) mass is 277 g/mol. The molecule has 1 aromatic rings. The number of ether oxygens (including phenoxy) is 1. The first-order valence-corrected chi connectivity index (χ1v) is 7.45. The highest BCUT2D eigenvalue weighted by Gasteiger charge is 2.28. The van der Waals surface area contributed by atoms with E-state index in [0.29, 0.717) is 30.3 Å². The van der Waals surface area contributed by atoms with Gasteiger partial charge in [-0.05, 0) is 39.3 Å². The summed E-state index contributed by atoms with van der Waals surface area (Å²) in [5.74, 6) is 8.07. The summed E-state index contributed by atoms with van der Waals surface area (Å²) in [6.45, 7) is 1.84. The molecule has 6 nitrogen and oxygen atoms in total. The molecule has 0 radical (unpaired) electrons. The number of hydrogen-bond donors (Lipinski definition) is 2. The maximum Gasteiger partial charge on any atom is 0.218 e. The van der Waals surface area contributed by atoms with Crippen LogP contribution >= 0.6 is 0 Å². The molecule has 0 spiro atoms. The molecule has 0 amide bonds. The molecule has 110 valence electrons. The van der Waals surface area contributed by atoms with Crippen molar-refractivity contribution < 1.29 is 4.74 Å². The lowest BCUT2D eigenvalue weighted by atomic mass is 10.0. The van der Waals surface area contributed by atoms with Gasteiger partial charge in [-0.2, -0.15) is 4.98 Å². The van der Waals surface area contributed by atoms with Gasteiger partial charge in [0.05, 0.1) is 0 Å². The summed E-state index contributed by atoms with van der Waals surface area (Å²) in [5.41, 5.74) is 2.60. The molecule has 1 saturated heterocycles. The third-order valence-electron chi connectivity index (χ3n) is 4.16. The molecular formula is C14H23N5O. The van der Waals surface area contributed by atoms with Crippen LogP contribution in [0, 0.1) is 0 Å². The summed E-state index contributed by atoms with van der Waals surface area (Å²) in [4.78, 5) is 11.3. The molecule has 1 unspecified atom stereocenters. The highest BCUT2D eigenvalue weighted by Crippen LogP contribution is 2.39. The second-order valence-corrected chi connectivity index (χ2v) is 5.81. The van der Waals surface area contributed by atoms with Crippen molar-refractivity contribution in [1.82, 2.24) is 14.9 Å². The third-order valence-corrected chi connectivity index (χ3v) is 4.16. The number of likely N-dealkylation sites (tertiary alicyclic amines) is 1. The smallest absolute Gasteiger partial charge is 0.218 e. The molecule has 2 heterocycles. The lowest BCUT2D eigenvalue weighted by Gasteiger charge is -2.31. The van der Waals surface area contributed by atoms with Crippen molar-refractivity contribution in [3.8, 4) is 5.88 Å². The van der Waals surface area contributed by atoms with Crippen LogP contribution in [0.3, 0.4) is 0 Å². The lowest BCUT2D eigenvalue weighted by Crippen LogP contribution is -2.40. The van der Waals surface area contributed by atoms with E-state index in [4.69, 9.17) is 10.6 Å². The second kappa shape index (κ2) is 5.93. The summed E-state index contributed by atoms with van der Waals surface area (Å²) in [6.07, 6.45) is 6.09. The summed E-state index contributed by atoms with van der Waals surface area (Å²) < 4.78 is 5.89. The minimum Gasteiger partial charge on any atom is -0.476 e. The van der Waals surface area contributed by atoms with Crippen molar-refractivity contribution in [3.63, 3.8) is 0 Å². The topological polar surface area (TPSA) is 76.3 Å². The van der Waals surface area contributed by atoms with Crippen LogP contribution in [0.15, 0.2) is 6.07 Å². The number of hydrogen-bond acceptors (Lipinski definition) is 6. The van der Waals surface area contributed by atoms with Crippen molar-refractivity contribution in [1.29, 1.82) is 0 Å². The average Bonchev–Trinajstić information content (AvgIpc) is 3.31. The van der Waals surface area contributed by atoms with Gasteiger partial charge < -0.3 is 15.1 Å². The zero-order chi connectivity index (χ0) is 13.9. The lowest BCUT2D eigenvalue weighted by molar-refractivity contribution is 0.122. The van der Waals surface area contributed by atoms with Crippen LogP contribution < -0.4 is 16.0 Å². The minimum atomic E-state index is 0.484. The van der Waals surface area contributed by atoms with Gasteiger partial charge in [-0.15, -0.1) is 0 Å². The average molecular weight is 277 g/mol. The Balaban J connectivity index is 1.65. The predicted molar refractivity (Wildman–Crippen MR) is 77.6 cm³/mol. The van der Waals surface area contributed by atoms with E-state index >= 15 is 0 Å². The molecule has 1 aliphatic heterocycles. The number of nitrogens with two attached hydrogens (primary N) is 1. The molecule has 0 bridgehead atoms. The molecule has 20 heavy (non-hydrogen) atoms. The van der Waals surface area contributed by atoms with Crippen molar-refractivity contribution in [2.75, 3.05) is 25.6 Å². The van der Waals surface area contributed by atoms with Crippen LogP contribution in [0.1, 0.15) is 43.8 Å². The standard InChI is InChI=1S/C14H23N5O/c1-19-7-3-2-4-11(19)9-20-13-8-12(18-15)16-14(17-13)10-5-6-10/h8,10-11H,2-7,9,15H2,1H3,(H,16,17,18). The number of nitrogens with zero attached hydrogens (tertiary/aromatic N) is 3. The quantitative estimate of drug-likeness (QED) is 0.627. The van der Waals surface area contributed by atoms with E-state index in [2.05, 4.69) is 27.3 Å². The number of likely N-dealkylation sites (N-methyl/N-ethyl adjacent to an activating group) is 1. The Morgan fingerprint density at radius 1 is 1.35 bits per heavy atom. The van der Waals surface area contributed by atoms with Crippen LogP contribution in [-0.4, -0.2) is 41.1 Å². The Morgan fingerprint density at radius 3 is 2.90 bits per heavy atom. The molecule has 1 aromatic heterocycles. The fraction of sp³-hybridized carbons (Fsp3) is 0.714. The van der Waals surface area contributed by atoms with Crippen LogP contribution in [0.4, 0.5) is 5.82 Å². The molecule has 1 atom stereocenters. The SMILES string of the molecule is CN1CCCCC1COc1cc(NN)nc(C2CC2)n1. The van der Waals surface area contributed by atoms with Gasteiger partial charge in [-0.25, -0.2) is 10.8 Å². The number of aromatic nitrogens is 2. The molecule has 3 rings (SSSR count). The van der Waals surface area contributed by atoms with E-state index < -0.39 is 0 Å². The first-order valence-electron chi connectivity index (χ1n) is 7.45. The van der Waals surface area contributed by atoms with Crippen molar-refractivity contribution in [3.05, 3.63) is 11.9 Å². The van der Waals surface area contributed by atoms with Gasteiger partial charge in [-0.1, -0.05) is 6.42 Å². The number of nitrogen functional groups attached to an aromatic ring is 1. The summed E-state index contributed by atoms with van der Waals surface area (Å²) in [7, 11) is 2.16. The summed E-state index contributed by atoms with van der Waals surface area (Å²) in [6, 6.07) is 2.26. The van der Waals surface area contributed by atoms with E-state index in [0.717, 1.165) is 12.4 Å². The number of piperidine rings is 1. The van der Waals surface area contributed by atoms with Gasteiger partial charge in [0.15, 0.2) is 0 Å². The Hall–Kier alpha value is -1.40. The molecule has 2 aliphatic rings. The van der Waals surface area contributed by atoms with Crippen molar-refractivity contribution in [2.45, 2.75) is 44.1 Å². The fourth-order valence-electron chi connectivity index (χ4n) is 2.65. The van der Waals surface area contributed by atoms with E-state index in [-0.39, 0.29) is 0 Å². The molecule has 1 saturated carbocycles. The first-order chi connectivity index (χ1) is 9.76. The van der Waals surface area contributed by atoms with E-state index in [9.17, 15) is 0 Å². The Bertz CT molecular complexity index is 463. The number of rotatable bonds is 5. The van der Waals surface area contributed by atoms with Crippen molar-refractivity contribution in [2.24, 2.45) is 5.84 Å². The highest BCUT2D eigenvalue weighted by molar-refractivity contribution is 5.38. The minimum absolute atomic E-state index is 0.484. The van der Waals surface area contributed by atoms with Gasteiger partial charge in [0.2, 0.25) is 5.88 Å². The zero-order valence-electron chi connectivity index (χ0n) is 12.0. The predicted octanol–water partition coefficient (Wildman–Crippen LogP) is 1.50. The Kier molecular flexibility index (Phi) is 4.03. The van der Waals surface area contributed by atoms with Gasteiger partial charge >= 0.3 is 0 Å². The number of hydrazine groups is 1. The molecular weight excluding hydrogens is 254 g/mol. The number of anilines is 1. The van der Waals surface area contributed by atoms with E-state index in [1.165, 1.54) is 32.1 Å². The van der Waals surface area contributed by atoms with Gasteiger partial charge in [-0.3, -0.25) is 0 Å². The van der Waals surface area contributed by atoms with Gasteiger partial charge in [0.1, 0.15) is 18.2 Å². The van der Waals surface area contributed by atoms with Gasteiger partial charge in [0.25, 0.3) is 0 Å². The molecule has 1 aliphatic carbocycles. The first kappa shape index (κ1) is 13.6. The van der Waals surface area contributed by atoms with Crippen molar-refractivity contribution >= 4 is 5.82 Å². The molecule has 0 aromatic carbocycles. The fourth-order valence-corrected chi connectivity index (χ4v) is 2.65.